The molecule has 0 aliphatic heterocycles. The molecule has 1 unspecified atom stereocenters. The van der Waals surface area contributed by atoms with Gasteiger partial charge in [-0.3, -0.25) is 9.59 Å². The van der Waals surface area contributed by atoms with Gasteiger partial charge in [0.2, 0.25) is 0 Å². The van der Waals surface area contributed by atoms with E-state index in [1.807, 2.05) is 30.4 Å². The van der Waals surface area contributed by atoms with E-state index in [-0.39, 0.29) is 31.6 Å². The molecule has 0 aromatic heterocycles. The average Bonchev–Trinajstić information content (AvgIpc) is 3.08. The molecule has 0 aliphatic rings. The molecule has 0 radical (unpaired) electrons. The van der Waals surface area contributed by atoms with Gasteiger partial charge < -0.3 is 19.7 Å². The summed E-state index contributed by atoms with van der Waals surface area (Å²) in [5, 5.41) is 19.3. The van der Waals surface area contributed by atoms with Crippen LogP contribution in [0.15, 0.2) is 72.9 Å². The summed E-state index contributed by atoms with van der Waals surface area (Å²) in [4.78, 5) is 24.2. The van der Waals surface area contributed by atoms with Crippen LogP contribution in [-0.4, -0.2) is 47.6 Å². The largest absolute Gasteiger partial charge is 0.462 e. The average molecular weight is 685 g/mol. The van der Waals surface area contributed by atoms with Crippen LogP contribution in [0.5, 0.6) is 0 Å². The first-order valence-corrected chi connectivity index (χ1v) is 19.5. The number of aliphatic hydroxyl groups is 2. The second kappa shape index (κ2) is 36.6. The van der Waals surface area contributed by atoms with E-state index in [0.29, 0.717) is 19.3 Å². The summed E-state index contributed by atoms with van der Waals surface area (Å²) in [7, 11) is 0. The zero-order valence-electron chi connectivity index (χ0n) is 31.5. The van der Waals surface area contributed by atoms with E-state index in [2.05, 4.69) is 57.2 Å². The Bertz CT molecular complexity index is 942. The minimum absolute atomic E-state index is 0.119. The fourth-order valence-electron chi connectivity index (χ4n) is 5.08. The lowest BCUT2D eigenvalue weighted by Gasteiger charge is -2.15. The summed E-state index contributed by atoms with van der Waals surface area (Å²) in [5.41, 5.74) is 0. The highest BCUT2D eigenvalue weighted by Crippen LogP contribution is 2.15. The molecule has 2 N–H and O–H groups in total. The van der Waals surface area contributed by atoms with Gasteiger partial charge in [0.25, 0.3) is 0 Å². The maximum Gasteiger partial charge on any atom is 0.306 e. The highest BCUT2D eigenvalue weighted by Gasteiger charge is 2.15. The number of hydrogen-bond acceptors (Lipinski definition) is 6. The zero-order chi connectivity index (χ0) is 36.0. The minimum Gasteiger partial charge on any atom is -0.462 e. The molecule has 6 heteroatoms. The van der Waals surface area contributed by atoms with Gasteiger partial charge in [0, 0.05) is 12.8 Å². The van der Waals surface area contributed by atoms with Crippen molar-refractivity contribution in [2.24, 2.45) is 5.92 Å². The summed E-state index contributed by atoms with van der Waals surface area (Å²) < 4.78 is 10.5. The first-order chi connectivity index (χ1) is 23.9. The van der Waals surface area contributed by atoms with Crippen molar-refractivity contribution in [3.05, 3.63) is 72.9 Å². The van der Waals surface area contributed by atoms with Crippen molar-refractivity contribution in [3.8, 4) is 0 Å². The standard InChI is InChI=1S/C43H72O6/c1-4-5-27-33-40(45)34-29-24-20-16-12-7-6-8-13-17-21-25-30-35-42(46)48-38-41(37-44)49-43(47)36-31-26-22-18-14-10-9-11-15-19-23-28-32-39(2)3/h5,7-8,12-13,20-21,24-25,27,29,34,39-41,44-45H,4,6,9-11,14-19,22-23,26,28,30-33,35-38H2,1-3H3/b12-7-,13-8-,24-20+,25-21-,27-5-,34-29+/t40?,41-/m0/s1. The molecule has 0 spiro atoms. The van der Waals surface area contributed by atoms with Crippen LogP contribution >= 0.6 is 0 Å². The van der Waals surface area contributed by atoms with Gasteiger partial charge in [0.15, 0.2) is 6.10 Å². The lowest BCUT2D eigenvalue weighted by Crippen LogP contribution is -2.28. The van der Waals surface area contributed by atoms with E-state index < -0.39 is 12.2 Å². The van der Waals surface area contributed by atoms with Crippen LogP contribution < -0.4 is 0 Å². The fraction of sp³-hybridized carbons (Fsp3) is 0.674. The Labute approximate surface area is 300 Å². The van der Waals surface area contributed by atoms with Gasteiger partial charge in [-0.1, -0.05) is 171 Å². The third-order valence-corrected chi connectivity index (χ3v) is 8.04. The number of ether oxygens (including phenoxy) is 2. The molecule has 0 saturated carbocycles. The fourth-order valence-corrected chi connectivity index (χ4v) is 5.08. The predicted octanol–water partition coefficient (Wildman–Crippen LogP) is 11.0. The monoisotopic (exact) mass is 685 g/mol. The summed E-state index contributed by atoms with van der Waals surface area (Å²) >= 11 is 0. The van der Waals surface area contributed by atoms with E-state index in [1.165, 1.54) is 64.2 Å². The number of carbonyl (C=O) groups is 2. The second-order valence-corrected chi connectivity index (χ2v) is 13.3. The van der Waals surface area contributed by atoms with Gasteiger partial charge in [-0.2, -0.15) is 0 Å². The van der Waals surface area contributed by atoms with Crippen LogP contribution in [0.4, 0.5) is 0 Å². The quantitative estimate of drug-likeness (QED) is 0.0309. The Morgan fingerprint density at radius 1 is 0.633 bits per heavy atom. The topological polar surface area (TPSA) is 93.1 Å². The lowest BCUT2D eigenvalue weighted by molar-refractivity contribution is -0.161. The highest BCUT2D eigenvalue weighted by molar-refractivity contribution is 5.70. The number of allylic oxidation sites excluding steroid dienone is 10. The van der Waals surface area contributed by atoms with Crippen molar-refractivity contribution in [2.45, 2.75) is 168 Å². The van der Waals surface area contributed by atoms with Crippen LogP contribution in [0, 0.1) is 5.92 Å². The Morgan fingerprint density at radius 2 is 1.18 bits per heavy atom. The number of unbranched alkanes of at least 4 members (excludes halogenated alkanes) is 11. The third-order valence-electron chi connectivity index (χ3n) is 8.04. The van der Waals surface area contributed by atoms with Gasteiger partial charge in [0.1, 0.15) is 6.61 Å². The second-order valence-electron chi connectivity index (χ2n) is 13.3. The normalized spacial score (nSPS) is 13.8. The molecule has 0 heterocycles. The maximum absolute atomic E-state index is 12.2. The molecule has 0 amide bonds. The molecular formula is C43H72O6. The molecule has 0 fully saturated rings. The Kier molecular flexibility index (Phi) is 34.6. The first-order valence-electron chi connectivity index (χ1n) is 19.5. The number of rotatable bonds is 33. The Balaban J connectivity index is 3.76. The van der Waals surface area contributed by atoms with Gasteiger partial charge in [-0.25, -0.2) is 0 Å². The molecule has 280 valence electrons. The smallest absolute Gasteiger partial charge is 0.306 e. The molecule has 0 aromatic rings. The molecule has 2 atom stereocenters. The number of aliphatic hydroxyl groups excluding tert-OH is 2. The van der Waals surface area contributed by atoms with Gasteiger partial charge >= 0.3 is 11.9 Å². The molecule has 0 saturated heterocycles. The van der Waals surface area contributed by atoms with E-state index in [0.717, 1.165) is 50.9 Å². The highest BCUT2D eigenvalue weighted by atomic mass is 16.6. The molecule has 0 rings (SSSR count). The summed E-state index contributed by atoms with van der Waals surface area (Å²) in [6, 6.07) is 0. The van der Waals surface area contributed by atoms with Crippen molar-refractivity contribution in [3.63, 3.8) is 0 Å². The maximum atomic E-state index is 12.2. The summed E-state index contributed by atoms with van der Waals surface area (Å²) in [6.45, 7) is 6.19. The van der Waals surface area contributed by atoms with Crippen molar-refractivity contribution in [1.29, 1.82) is 0 Å². The summed E-state index contributed by atoms with van der Waals surface area (Å²) in [6.07, 6.45) is 44.5. The Morgan fingerprint density at radius 3 is 1.76 bits per heavy atom. The van der Waals surface area contributed by atoms with E-state index >= 15 is 0 Å². The predicted molar refractivity (Wildman–Crippen MR) is 206 cm³/mol. The lowest BCUT2D eigenvalue weighted by atomic mass is 10.0. The van der Waals surface area contributed by atoms with Gasteiger partial charge in [0.05, 0.1) is 12.7 Å². The van der Waals surface area contributed by atoms with E-state index in [4.69, 9.17) is 9.47 Å². The molecule has 0 aliphatic carbocycles. The van der Waals surface area contributed by atoms with Crippen LogP contribution in [-0.2, 0) is 19.1 Å². The molecular weight excluding hydrogens is 612 g/mol. The third kappa shape index (κ3) is 36.4. The zero-order valence-corrected chi connectivity index (χ0v) is 31.5. The van der Waals surface area contributed by atoms with Crippen molar-refractivity contribution < 1.29 is 29.3 Å². The molecule has 0 aromatic carbocycles. The van der Waals surface area contributed by atoms with Crippen LogP contribution in [0.1, 0.15) is 156 Å². The van der Waals surface area contributed by atoms with Crippen molar-refractivity contribution >= 4 is 11.9 Å². The van der Waals surface area contributed by atoms with Gasteiger partial charge in [-0.05, 0) is 50.9 Å². The number of esters is 2. The number of hydrogen-bond donors (Lipinski definition) is 2. The SMILES string of the molecule is CC/C=C\CC(O)/C=C/C=C/C/C=C\C/C=C\C/C=C\CCC(=O)OC[C@H](CO)OC(=O)CCCCCCCCCCCCCCC(C)C. The molecule has 6 nitrogen and oxygen atoms in total. The van der Waals surface area contributed by atoms with Crippen LogP contribution in [0.25, 0.3) is 0 Å². The van der Waals surface area contributed by atoms with Gasteiger partial charge in [-0.15, -0.1) is 0 Å². The summed E-state index contributed by atoms with van der Waals surface area (Å²) in [5.74, 6) is 0.117. The van der Waals surface area contributed by atoms with E-state index in [9.17, 15) is 19.8 Å². The van der Waals surface area contributed by atoms with E-state index in [1.54, 1.807) is 6.08 Å². The minimum atomic E-state index is -0.814. The molecule has 49 heavy (non-hydrogen) atoms. The molecule has 0 bridgehead atoms. The first kappa shape index (κ1) is 46.3. The Hall–Kier alpha value is -2.70. The van der Waals surface area contributed by atoms with Crippen LogP contribution in [0.3, 0.4) is 0 Å². The van der Waals surface area contributed by atoms with Crippen molar-refractivity contribution in [2.75, 3.05) is 13.2 Å². The van der Waals surface area contributed by atoms with Crippen LogP contribution in [0.2, 0.25) is 0 Å². The van der Waals surface area contributed by atoms with Crippen molar-refractivity contribution in [1.82, 2.24) is 0 Å². The number of carbonyl (C=O) groups excluding carboxylic acids is 2.